The quantitative estimate of drug-likeness (QED) is 0.412. The summed E-state index contributed by atoms with van der Waals surface area (Å²) in [7, 11) is 6.02. The molecule has 0 spiro atoms. The highest BCUT2D eigenvalue weighted by atomic mass is 15.2. The zero-order valence-electron chi connectivity index (χ0n) is 10.5. The predicted molar refractivity (Wildman–Crippen MR) is 75.5 cm³/mol. The molecule has 1 aliphatic rings. The zero-order chi connectivity index (χ0) is 12.3. The Kier molecular flexibility index (Phi) is 3.42. The molecule has 17 heavy (non-hydrogen) atoms. The minimum absolute atomic E-state index is 0.857. The van der Waals surface area contributed by atoms with Crippen LogP contribution in [0.5, 0.6) is 0 Å². The number of rotatable bonds is 2. The fourth-order valence-electron chi connectivity index (χ4n) is 1.59. The molecular weight excluding hydrogens is 210 g/mol. The molecule has 0 fully saturated rings. The Morgan fingerprint density at radius 1 is 1.18 bits per heavy atom. The van der Waals surface area contributed by atoms with Crippen molar-refractivity contribution in [1.29, 1.82) is 0 Å². The molecule has 6 heteroatoms. The maximum Gasteiger partial charge on any atom is 0.330 e. The number of hydrogen-bond acceptors (Lipinski definition) is 3. The van der Waals surface area contributed by atoms with Gasteiger partial charge in [0.25, 0.3) is 0 Å². The molecular formula is C11H15B2N4+. The lowest BCUT2D eigenvalue weighted by Gasteiger charge is -2.12. The van der Waals surface area contributed by atoms with Gasteiger partial charge in [-0.2, -0.15) is 0 Å². The van der Waals surface area contributed by atoms with Gasteiger partial charge in [-0.05, 0) is 35.5 Å². The third-order valence-electron chi connectivity index (χ3n) is 2.68. The van der Waals surface area contributed by atoms with Crippen molar-refractivity contribution in [2.45, 2.75) is 6.42 Å². The first-order valence-electron chi connectivity index (χ1n) is 5.61. The Balaban J connectivity index is 2.09. The molecule has 1 aromatic rings. The molecule has 0 aromatic heterocycles. The third kappa shape index (κ3) is 2.84. The number of hydrogen-bond donors (Lipinski definition) is 0. The lowest BCUT2D eigenvalue weighted by molar-refractivity contribution is -0.420. The van der Waals surface area contributed by atoms with Crippen molar-refractivity contribution < 1.29 is 4.58 Å². The van der Waals surface area contributed by atoms with E-state index >= 15 is 0 Å². The summed E-state index contributed by atoms with van der Waals surface area (Å²) in [5, 5.41) is 8.47. The van der Waals surface area contributed by atoms with Crippen molar-refractivity contribution in [2.75, 3.05) is 11.8 Å². The summed E-state index contributed by atoms with van der Waals surface area (Å²) in [5.41, 5.74) is 2.04. The van der Waals surface area contributed by atoms with Crippen molar-refractivity contribution in [3.05, 3.63) is 36.5 Å². The Bertz CT molecular complexity index is 489. The largest absolute Gasteiger partial charge is 0.472 e. The van der Waals surface area contributed by atoms with E-state index in [1.165, 1.54) is 0 Å². The van der Waals surface area contributed by atoms with Gasteiger partial charge in [0, 0.05) is 5.69 Å². The minimum Gasteiger partial charge on any atom is -0.472 e. The van der Waals surface area contributed by atoms with E-state index in [-0.39, 0.29) is 0 Å². The second-order valence-electron chi connectivity index (χ2n) is 4.23. The molecule has 1 aromatic carbocycles. The van der Waals surface area contributed by atoms with Crippen LogP contribution in [0.15, 0.2) is 46.8 Å². The number of amidine groups is 1. The number of anilines is 1. The zero-order valence-corrected chi connectivity index (χ0v) is 10.5. The lowest BCUT2D eigenvalue weighted by Crippen LogP contribution is -2.12. The van der Waals surface area contributed by atoms with Crippen LogP contribution in [0.2, 0.25) is 0 Å². The van der Waals surface area contributed by atoms with Gasteiger partial charge in [0.05, 0.1) is 24.8 Å². The van der Waals surface area contributed by atoms with E-state index < -0.39 is 0 Å². The van der Waals surface area contributed by atoms with Crippen LogP contribution in [0, 0.1) is 0 Å². The maximum atomic E-state index is 4.24. The van der Waals surface area contributed by atoms with E-state index in [2.05, 4.69) is 21.0 Å². The normalized spacial score (nSPS) is 14.9. The summed E-state index contributed by atoms with van der Waals surface area (Å²) in [6.45, 7) is 0. The molecule has 1 heterocycles. The SMILES string of the molecule is BN(B)c1ccc(/N=N/C2=[N+](C)C=CC2)cc1. The fourth-order valence-corrected chi connectivity index (χ4v) is 1.59. The molecule has 0 atom stereocenters. The second-order valence-corrected chi connectivity index (χ2v) is 4.23. The molecule has 0 aliphatic carbocycles. The summed E-state index contributed by atoms with van der Waals surface area (Å²) in [5.74, 6) is 0.974. The lowest BCUT2D eigenvalue weighted by atomic mass is 10.1. The van der Waals surface area contributed by atoms with E-state index in [0.717, 1.165) is 23.6 Å². The molecule has 4 nitrogen and oxygen atoms in total. The highest BCUT2D eigenvalue weighted by Gasteiger charge is 2.13. The standard InChI is InChI=1S/C11H15B2N4/c1-16-8-2-3-11(16)15-14-9-4-6-10(7-5-9)17(12)13/h2,4-8H,3,12-13H2,1H3/q+1. The van der Waals surface area contributed by atoms with Gasteiger partial charge < -0.3 is 4.72 Å². The van der Waals surface area contributed by atoms with Gasteiger partial charge in [-0.3, -0.25) is 0 Å². The highest BCUT2D eigenvalue weighted by molar-refractivity contribution is 6.41. The molecule has 0 amide bonds. The van der Waals surface area contributed by atoms with Gasteiger partial charge >= 0.3 is 5.84 Å². The number of nitrogens with zero attached hydrogens (tertiary/aromatic N) is 4. The van der Waals surface area contributed by atoms with Gasteiger partial charge in [0.1, 0.15) is 5.69 Å². The fraction of sp³-hybridized carbons (Fsp3) is 0.182. The minimum atomic E-state index is 0.857. The van der Waals surface area contributed by atoms with Gasteiger partial charge in [0.2, 0.25) is 16.0 Å². The monoisotopic (exact) mass is 225 g/mol. The molecule has 0 saturated heterocycles. The van der Waals surface area contributed by atoms with Gasteiger partial charge in [-0.25, -0.2) is 4.58 Å². The summed E-state index contributed by atoms with van der Waals surface area (Å²) in [6, 6.07) is 8.02. The van der Waals surface area contributed by atoms with Crippen LogP contribution in [-0.2, 0) is 0 Å². The van der Waals surface area contributed by atoms with E-state index in [0.29, 0.717) is 0 Å². The summed E-state index contributed by atoms with van der Waals surface area (Å²) in [6.07, 6.45) is 4.93. The number of benzene rings is 1. The first-order chi connectivity index (χ1) is 8.16. The average molecular weight is 225 g/mol. The molecule has 0 unspecified atom stereocenters. The van der Waals surface area contributed by atoms with Crippen molar-refractivity contribution >= 4 is 33.2 Å². The molecule has 0 N–H and O–H groups in total. The van der Waals surface area contributed by atoms with Gasteiger partial charge in [-0.1, -0.05) is 0 Å². The topological polar surface area (TPSA) is 31.0 Å². The first-order valence-corrected chi connectivity index (χ1v) is 5.61. The Labute approximate surface area is 103 Å². The van der Waals surface area contributed by atoms with Crippen LogP contribution in [0.3, 0.4) is 0 Å². The molecule has 0 saturated carbocycles. The van der Waals surface area contributed by atoms with Crippen molar-refractivity contribution in [3.63, 3.8) is 0 Å². The van der Waals surface area contributed by atoms with Crippen molar-refractivity contribution in [3.8, 4) is 0 Å². The van der Waals surface area contributed by atoms with Crippen molar-refractivity contribution in [2.24, 2.45) is 10.2 Å². The second kappa shape index (κ2) is 4.99. The smallest absolute Gasteiger partial charge is 0.330 e. The molecule has 0 radical (unpaired) electrons. The van der Waals surface area contributed by atoms with E-state index in [1.807, 2.05) is 58.1 Å². The van der Waals surface area contributed by atoms with E-state index in [1.54, 1.807) is 0 Å². The predicted octanol–water partition coefficient (Wildman–Crippen LogP) is 0.631. The Morgan fingerprint density at radius 3 is 2.41 bits per heavy atom. The third-order valence-corrected chi connectivity index (χ3v) is 2.68. The summed E-state index contributed by atoms with van der Waals surface area (Å²) < 4.78 is 4.04. The molecule has 2 rings (SSSR count). The van der Waals surface area contributed by atoms with Crippen LogP contribution >= 0.6 is 0 Å². The van der Waals surface area contributed by atoms with Crippen LogP contribution in [0.1, 0.15) is 6.42 Å². The average Bonchev–Trinajstić information content (AvgIpc) is 2.73. The van der Waals surface area contributed by atoms with Crippen LogP contribution < -0.4 is 4.72 Å². The van der Waals surface area contributed by atoms with E-state index in [4.69, 9.17) is 0 Å². The summed E-state index contributed by atoms with van der Waals surface area (Å²) in [4.78, 5) is 0. The Hall–Kier alpha value is -1.84. The first kappa shape index (κ1) is 11.6. The van der Waals surface area contributed by atoms with Crippen LogP contribution in [0.4, 0.5) is 11.4 Å². The molecule has 0 bridgehead atoms. The number of azo groups is 1. The Morgan fingerprint density at radius 2 is 1.88 bits per heavy atom. The van der Waals surface area contributed by atoms with Crippen LogP contribution in [-0.4, -0.2) is 33.4 Å². The van der Waals surface area contributed by atoms with Crippen molar-refractivity contribution in [1.82, 2.24) is 0 Å². The van der Waals surface area contributed by atoms with Gasteiger partial charge in [-0.15, -0.1) is 0 Å². The maximum absolute atomic E-state index is 4.24. The summed E-state index contributed by atoms with van der Waals surface area (Å²) >= 11 is 0. The van der Waals surface area contributed by atoms with Gasteiger partial charge in [0.15, 0.2) is 0 Å². The van der Waals surface area contributed by atoms with Crippen LogP contribution in [0.25, 0.3) is 0 Å². The molecule has 1 aliphatic heterocycles. The molecule has 84 valence electrons. The van der Waals surface area contributed by atoms with E-state index in [9.17, 15) is 0 Å². The highest BCUT2D eigenvalue weighted by Crippen LogP contribution is 2.18.